The van der Waals surface area contributed by atoms with Crippen LogP contribution in [0.25, 0.3) is 0 Å². The van der Waals surface area contributed by atoms with E-state index in [9.17, 15) is 0 Å². The molecule has 1 aliphatic rings. The van der Waals surface area contributed by atoms with Gasteiger partial charge in [0.2, 0.25) is 0 Å². The van der Waals surface area contributed by atoms with E-state index < -0.39 is 0 Å². The van der Waals surface area contributed by atoms with Crippen molar-refractivity contribution < 1.29 is 0 Å². The molecule has 10 heavy (non-hydrogen) atoms. The van der Waals surface area contributed by atoms with Crippen molar-refractivity contribution in [2.24, 2.45) is 11.8 Å². The Labute approximate surface area is 80.0 Å². The molecule has 1 saturated carbocycles. The van der Waals surface area contributed by atoms with Crippen molar-refractivity contribution in [3.05, 3.63) is 0 Å². The Balaban J connectivity index is 2.34. The highest BCUT2D eigenvalue weighted by Gasteiger charge is 2.22. The molecule has 0 aromatic rings. The van der Waals surface area contributed by atoms with Gasteiger partial charge in [-0.1, -0.05) is 44.7 Å². The fourth-order valence-corrected chi connectivity index (χ4v) is 3.40. The van der Waals surface area contributed by atoms with Gasteiger partial charge in [0, 0.05) is 10.7 Å². The number of halogens is 2. The van der Waals surface area contributed by atoms with Crippen molar-refractivity contribution in [2.75, 3.05) is 10.7 Å². The Hall–Kier alpha value is 0.960. The Morgan fingerprint density at radius 3 is 1.60 bits per heavy atom. The SMILES string of the molecule is BrC[C@@H]1CCCC[C@@H]1CBr. The van der Waals surface area contributed by atoms with E-state index in [0.717, 1.165) is 11.8 Å². The van der Waals surface area contributed by atoms with E-state index >= 15 is 0 Å². The highest BCUT2D eigenvalue weighted by Crippen LogP contribution is 2.32. The molecule has 0 aliphatic heterocycles. The molecule has 1 fully saturated rings. The highest BCUT2D eigenvalue weighted by molar-refractivity contribution is 9.09. The zero-order chi connectivity index (χ0) is 7.40. The summed E-state index contributed by atoms with van der Waals surface area (Å²) in [6, 6.07) is 0. The molecule has 0 heterocycles. The first kappa shape index (κ1) is 9.05. The summed E-state index contributed by atoms with van der Waals surface area (Å²) >= 11 is 7.14. The van der Waals surface area contributed by atoms with Crippen LogP contribution in [0, 0.1) is 11.8 Å². The van der Waals surface area contributed by atoms with Gasteiger partial charge in [0.15, 0.2) is 0 Å². The molecule has 2 atom stereocenters. The van der Waals surface area contributed by atoms with Crippen molar-refractivity contribution in [3.8, 4) is 0 Å². The van der Waals surface area contributed by atoms with Crippen LogP contribution in [-0.4, -0.2) is 10.7 Å². The minimum Gasteiger partial charge on any atom is -0.0925 e. The molecule has 0 aromatic carbocycles. The first-order valence-corrected chi connectivity index (χ1v) is 6.24. The molecule has 1 rings (SSSR count). The average Bonchev–Trinajstić information content (AvgIpc) is 2.04. The summed E-state index contributed by atoms with van der Waals surface area (Å²) in [4.78, 5) is 0. The van der Waals surface area contributed by atoms with E-state index in [2.05, 4.69) is 31.9 Å². The summed E-state index contributed by atoms with van der Waals surface area (Å²) in [6.07, 6.45) is 5.75. The van der Waals surface area contributed by atoms with Crippen LogP contribution in [0.15, 0.2) is 0 Å². The van der Waals surface area contributed by atoms with Gasteiger partial charge in [-0.2, -0.15) is 0 Å². The normalized spacial score (nSPS) is 34.2. The van der Waals surface area contributed by atoms with Gasteiger partial charge in [-0.3, -0.25) is 0 Å². The second kappa shape index (κ2) is 4.76. The molecule has 0 nitrogen and oxygen atoms in total. The van der Waals surface area contributed by atoms with E-state index in [-0.39, 0.29) is 0 Å². The average molecular weight is 270 g/mol. The topological polar surface area (TPSA) is 0 Å². The smallest absolute Gasteiger partial charge is 0.00626 e. The predicted octanol–water partition coefficient (Wildman–Crippen LogP) is 3.58. The zero-order valence-electron chi connectivity index (χ0n) is 6.15. The summed E-state index contributed by atoms with van der Waals surface area (Å²) in [5.41, 5.74) is 0. The van der Waals surface area contributed by atoms with E-state index in [1.54, 1.807) is 0 Å². The quantitative estimate of drug-likeness (QED) is 0.673. The van der Waals surface area contributed by atoms with Gasteiger partial charge in [-0.05, 0) is 24.7 Å². The maximum Gasteiger partial charge on any atom is 0.00626 e. The standard InChI is InChI=1S/C8H14Br2/c9-5-7-3-1-2-4-8(7)6-10/h7-8H,1-6H2/t7-,8+. The molecule has 1 aliphatic carbocycles. The van der Waals surface area contributed by atoms with E-state index in [4.69, 9.17) is 0 Å². The lowest BCUT2D eigenvalue weighted by atomic mass is 9.82. The molecule has 0 aromatic heterocycles. The number of hydrogen-bond acceptors (Lipinski definition) is 0. The number of hydrogen-bond donors (Lipinski definition) is 0. The zero-order valence-corrected chi connectivity index (χ0v) is 9.33. The van der Waals surface area contributed by atoms with Gasteiger partial charge in [0.25, 0.3) is 0 Å². The van der Waals surface area contributed by atoms with Crippen LogP contribution in [-0.2, 0) is 0 Å². The van der Waals surface area contributed by atoms with Gasteiger partial charge < -0.3 is 0 Å². The van der Waals surface area contributed by atoms with Gasteiger partial charge >= 0.3 is 0 Å². The lowest BCUT2D eigenvalue weighted by molar-refractivity contribution is 0.290. The van der Waals surface area contributed by atoms with Crippen LogP contribution < -0.4 is 0 Å². The molecule has 0 spiro atoms. The summed E-state index contributed by atoms with van der Waals surface area (Å²) in [5, 5.41) is 2.40. The minimum atomic E-state index is 0.938. The van der Waals surface area contributed by atoms with Crippen LogP contribution in [0.2, 0.25) is 0 Å². The highest BCUT2D eigenvalue weighted by atomic mass is 79.9. The van der Waals surface area contributed by atoms with Crippen molar-refractivity contribution in [1.82, 2.24) is 0 Å². The van der Waals surface area contributed by atoms with Gasteiger partial charge in [-0.25, -0.2) is 0 Å². The third kappa shape index (κ3) is 2.23. The molecule has 0 amide bonds. The lowest BCUT2D eigenvalue weighted by Crippen LogP contribution is -2.21. The Morgan fingerprint density at radius 2 is 1.30 bits per heavy atom. The maximum absolute atomic E-state index is 3.57. The third-order valence-corrected chi connectivity index (χ3v) is 4.13. The summed E-state index contributed by atoms with van der Waals surface area (Å²) in [5.74, 6) is 1.88. The molecule has 0 saturated heterocycles. The van der Waals surface area contributed by atoms with E-state index in [1.165, 1.54) is 36.3 Å². The van der Waals surface area contributed by atoms with Crippen LogP contribution in [0.5, 0.6) is 0 Å². The lowest BCUT2D eigenvalue weighted by Gasteiger charge is -2.28. The third-order valence-electron chi connectivity index (χ3n) is 2.46. The maximum atomic E-state index is 3.57. The summed E-state index contributed by atoms with van der Waals surface area (Å²) < 4.78 is 0. The molecule has 0 bridgehead atoms. The second-order valence-corrected chi connectivity index (χ2v) is 4.41. The fraction of sp³-hybridized carbons (Fsp3) is 1.00. The summed E-state index contributed by atoms with van der Waals surface area (Å²) in [7, 11) is 0. The summed E-state index contributed by atoms with van der Waals surface area (Å²) in [6.45, 7) is 0. The van der Waals surface area contributed by atoms with Crippen molar-refractivity contribution in [3.63, 3.8) is 0 Å². The van der Waals surface area contributed by atoms with Crippen LogP contribution in [0.3, 0.4) is 0 Å². The van der Waals surface area contributed by atoms with E-state index in [0.29, 0.717) is 0 Å². The van der Waals surface area contributed by atoms with Crippen LogP contribution in [0.4, 0.5) is 0 Å². The molecule has 60 valence electrons. The Bertz CT molecular complexity index is 81.3. The van der Waals surface area contributed by atoms with E-state index in [1.807, 2.05) is 0 Å². The first-order chi connectivity index (χ1) is 4.88. The Morgan fingerprint density at radius 1 is 0.900 bits per heavy atom. The molecule has 0 radical (unpaired) electrons. The molecule has 0 N–H and O–H groups in total. The number of rotatable bonds is 2. The van der Waals surface area contributed by atoms with Crippen LogP contribution in [0.1, 0.15) is 25.7 Å². The fourth-order valence-electron chi connectivity index (χ4n) is 1.69. The van der Waals surface area contributed by atoms with Crippen LogP contribution >= 0.6 is 31.9 Å². The van der Waals surface area contributed by atoms with Crippen molar-refractivity contribution >= 4 is 31.9 Å². The second-order valence-electron chi connectivity index (χ2n) is 3.11. The predicted molar refractivity (Wildman–Crippen MR) is 53.0 cm³/mol. The van der Waals surface area contributed by atoms with Crippen molar-refractivity contribution in [2.45, 2.75) is 25.7 Å². The first-order valence-electron chi connectivity index (χ1n) is 4.00. The minimum absolute atomic E-state index is 0.938. The molecular formula is C8H14Br2. The largest absolute Gasteiger partial charge is 0.0925 e. The van der Waals surface area contributed by atoms with Gasteiger partial charge in [-0.15, -0.1) is 0 Å². The number of alkyl halides is 2. The monoisotopic (exact) mass is 268 g/mol. The molecule has 2 heteroatoms. The van der Waals surface area contributed by atoms with Gasteiger partial charge in [0.05, 0.1) is 0 Å². The van der Waals surface area contributed by atoms with Crippen molar-refractivity contribution in [1.29, 1.82) is 0 Å². The molecule has 0 unspecified atom stereocenters. The Kier molecular flexibility index (Phi) is 4.31. The van der Waals surface area contributed by atoms with Gasteiger partial charge in [0.1, 0.15) is 0 Å². The molecular weight excluding hydrogens is 256 g/mol.